The van der Waals surface area contributed by atoms with E-state index in [1.54, 1.807) is 25.1 Å². The lowest BCUT2D eigenvalue weighted by Crippen LogP contribution is -2.52. The molecule has 6 nitrogen and oxygen atoms in total. The van der Waals surface area contributed by atoms with Gasteiger partial charge in [-0.25, -0.2) is 0 Å². The van der Waals surface area contributed by atoms with Crippen molar-refractivity contribution in [3.8, 4) is 0 Å². The van der Waals surface area contributed by atoms with Crippen LogP contribution in [0.5, 0.6) is 0 Å². The average molecular weight is 320 g/mol. The maximum atomic E-state index is 12.8. The first-order chi connectivity index (χ1) is 11.0. The number of carbonyl (C=O) groups excluding carboxylic acids is 2. The molecule has 1 atom stereocenters. The second-order valence-electron chi connectivity index (χ2n) is 5.99. The van der Waals surface area contributed by atoms with Crippen LogP contribution in [0.3, 0.4) is 0 Å². The third-order valence-electron chi connectivity index (χ3n) is 4.16. The third-order valence-corrected chi connectivity index (χ3v) is 4.16. The van der Waals surface area contributed by atoms with E-state index < -0.39 is 5.60 Å². The lowest BCUT2D eigenvalue weighted by atomic mass is 9.88. The fraction of sp³-hybridized carbons (Fsp3) is 0.529. The highest BCUT2D eigenvalue weighted by Crippen LogP contribution is 2.26. The van der Waals surface area contributed by atoms with Gasteiger partial charge in [0.05, 0.1) is 25.2 Å². The number of ether oxygens (including phenoxy) is 1. The molecule has 1 aromatic carbocycles. The highest BCUT2D eigenvalue weighted by molar-refractivity contribution is 5.95. The Labute approximate surface area is 136 Å². The van der Waals surface area contributed by atoms with Crippen molar-refractivity contribution in [3.05, 3.63) is 35.4 Å². The molecule has 0 bridgehead atoms. The van der Waals surface area contributed by atoms with Crippen LogP contribution < -0.4 is 5.32 Å². The first-order valence-electron chi connectivity index (χ1n) is 7.78. The molecular weight excluding hydrogens is 296 g/mol. The van der Waals surface area contributed by atoms with Crippen molar-refractivity contribution in [2.24, 2.45) is 0 Å². The van der Waals surface area contributed by atoms with E-state index in [2.05, 4.69) is 5.32 Å². The zero-order chi connectivity index (χ0) is 16.9. The van der Waals surface area contributed by atoms with Gasteiger partial charge >= 0.3 is 0 Å². The van der Waals surface area contributed by atoms with E-state index in [1.165, 1.54) is 0 Å². The summed E-state index contributed by atoms with van der Waals surface area (Å²) in [5, 5.41) is 13.2. The minimum atomic E-state index is -1.16. The molecule has 1 aromatic rings. The number of carbonyl (C=O) groups is 2. The van der Waals surface area contributed by atoms with Crippen molar-refractivity contribution in [2.45, 2.75) is 31.5 Å². The quantitative estimate of drug-likeness (QED) is 0.846. The topological polar surface area (TPSA) is 78.9 Å². The van der Waals surface area contributed by atoms with E-state index in [-0.39, 0.29) is 24.8 Å². The minimum absolute atomic E-state index is 0.00694. The van der Waals surface area contributed by atoms with E-state index in [4.69, 9.17) is 4.74 Å². The van der Waals surface area contributed by atoms with Crippen molar-refractivity contribution >= 4 is 11.8 Å². The molecule has 6 heteroatoms. The SMILES string of the molecule is CNC(=O)CC1(O)CCCN(C(=O)c2ccccc2COC)C1. The molecule has 0 aliphatic carbocycles. The summed E-state index contributed by atoms with van der Waals surface area (Å²) in [6, 6.07) is 7.30. The number of hydrogen-bond acceptors (Lipinski definition) is 4. The standard InChI is InChI=1S/C17H24N2O4/c1-18-15(20)10-17(22)8-5-9-19(12-17)16(21)14-7-4-3-6-13(14)11-23-2/h3-4,6-7,22H,5,8-12H2,1-2H3,(H,18,20). The fourth-order valence-corrected chi connectivity index (χ4v) is 3.00. The van der Waals surface area contributed by atoms with Crippen LogP contribution in [0.2, 0.25) is 0 Å². The zero-order valence-electron chi connectivity index (χ0n) is 13.7. The van der Waals surface area contributed by atoms with Crippen LogP contribution in [-0.2, 0) is 16.1 Å². The van der Waals surface area contributed by atoms with Crippen LogP contribution in [0.25, 0.3) is 0 Å². The van der Waals surface area contributed by atoms with Crippen LogP contribution in [0.15, 0.2) is 24.3 Å². The summed E-state index contributed by atoms with van der Waals surface area (Å²) in [6.45, 7) is 1.11. The number of piperidine rings is 1. The van der Waals surface area contributed by atoms with E-state index in [0.717, 1.165) is 5.56 Å². The predicted molar refractivity (Wildman–Crippen MR) is 85.9 cm³/mol. The Morgan fingerprint density at radius 3 is 2.83 bits per heavy atom. The van der Waals surface area contributed by atoms with Gasteiger partial charge in [-0.05, 0) is 24.5 Å². The van der Waals surface area contributed by atoms with E-state index in [1.807, 2.05) is 18.2 Å². The molecule has 1 aliphatic heterocycles. The van der Waals surface area contributed by atoms with Gasteiger partial charge in [-0.2, -0.15) is 0 Å². The summed E-state index contributed by atoms with van der Waals surface area (Å²) in [5.74, 6) is -0.353. The summed E-state index contributed by atoms with van der Waals surface area (Å²) in [4.78, 5) is 26.0. The number of nitrogens with zero attached hydrogens (tertiary/aromatic N) is 1. The molecule has 1 unspecified atom stereocenters. The van der Waals surface area contributed by atoms with Crippen LogP contribution in [0.4, 0.5) is 0 Å². The van der Waals surface area contributed by atoms with Crippen LogP contribution in [-0.4, -0.2) is 54.7 Å². The first kappa shape index (κ1) is 17.4. The molecular formula is C17H24N2O4. The van der Waals surface area contributed by atoms with Crippen molar-refractivity contribution in [3.63, 3.8) is 0 Å². The molecule has 2 rings (SSSR count). The highest BCUT2D eigenvalue weighted by Gasteiger charge is 2.37. The van der Waals surface area contributed by atoms with Gasteiger partial charge in [0, 0.05) is 26.3 Å². The first-order valence-corrected chi connectivity index (χ1v) is 7.78. The predicted octanol–water partition coefficient (Wildman–Crippen LogP) is 0.936. The van der Waals surface area contributed by atoms with Crippen LogP contribution in [0.1, 0.15) is 35.2 Å². The summed E-state index contributed by atoms with van der Waals surface area (Å²) < 4.78 is 5.14. The fourth-order valence-electron chi connectivity index (χ4n) is 3.00. The Bertz CT molecular complexity index is 575. The Morgan fingerprint density at radius 2 is 2.13 bits per heavy atom. The molecule has 1 aliphatic rings. The number of likely N-dealkylation sites (tertiary alicyclic amines) is 1. The lowest BCUT2D eigenvalue weighted by Gasteiger charge is -2.39. The zero-order valence-corrected chi connectivity index (χ0v) is 13.7. The number of hydrogen-bond donors (Lipinski definition) is 2. The summed E-state index contributed by atoms with van der Waals surface area (Å²) in [5.41, 5.74) is 0.239. The van der Waals surface area contributed by atoms with Gasteiger partial charge in [0.1, 0.15) is 0 Å². The molecule has 1 heterocycles. The van der Waals surface area contributed by atoms with E-state index in [0.29, 0.717) is 31.6 Å². The summed E-state index contributed by atoms with van der Waals surface area (Å²) in [7, 11) is 3.13. The summed E-state index contributed by atoms with van der Waals surface area (Å²) in [6.07, 6.45) is 1.20. The van der Waals surface area contributed by atoms with Gasteiger partial charge in [0.2, 0.25) is 5.91 Å². The maximum absolute atomic E-state index is 12.8. The van der Waals surface area contributed by atoms with Gasteiger partial charge in [0.25, 0.3) is 5.91 Å². The Hall–Kier alpha value is -1.92. The molecule has 126 valence electrons. The van der Waals surface area contributed by atoms with Crippen LogP contribution >= 0.6 is 0 Å². The van der Waals surface area contributed by atoms with Gasteiger partial charge < -0.3 is 20.1 Å². The highest BCUT2D eigenvalue weighted by atomic mass is 16.5. The number of benzene rings is 1. The van der Waals surface area contributed by atoms with Gasteiger partial charge in [-0.15, -0.1) is 0 Å². The Morgan fingerprint density at radius 1 is 1.39 bits per heavy atom. The normalized spacial score (nSPS) is 21.1. The molecule has 0 spiro atoms. The molecule has 2 N–H and O–H groups in total. The van der Waals surface area contributed by atoms with Crippen molar-refractivity contribution in [1.82, 2.24) is 10.2 Å². The Balaban J connectivity index is 2.15. The molecule has 23 heavy (non-hydrogen) atoms. The van der Waals surface area contributed by atoms with Crippen LogP contribution in [0, 0.1) is 0 Å². The van der Waals surface area contributed by atoms with E-state index in [9.17, 15) is 14.7 Å². The molecule has 0 aromatic heterocycles. The maximum Gasteiger partial charge on any atom is 0.254 e. The number of aliphatic hydroxyl groups is 1. The van der Waals surface area contributed by atoms with Gasteiger partial charge in [-0.3, -0.25) is 9.59 Å². The molecule has 0 radical (unpaired) electrons. The second kappa shape index (κ2) is 7.57. The molecule has 2 amide bonds. The number of nitrogens with one attached hydrogen (secondary N) is 1. The van der Waals surface area contributed by atoms with E-state index >= 15 is 0 Å². The van der Waals surface area contributed by atoms with Crippen molar-refractivity contribution in [1.29, 1.82) is 0 Å². The number of methoxy groups -OCH3 is 1. The smallest absolute Gasteiger partial charge is 0.254 e. The minimum Gasteiger partial charge on any atom is -0.388 e. The largest absolute Gasteiger partial charge is 0.388 e. The molecule has 1 fully saturated rings. The Kier molecular flexibility index (Phi) is 5.74. The monoisotopic (exact) mass is 320 g/mol. The molecule has 1 saturated heterocycles. The second-order valence-corrected chi connectivity index (χ2v) is 5.99. The number of rotatable bonds is 5. The van der Waals surface area contributed by atoms with Crippen molar-refractivity contribution in [2.75, 3.05) is 27.2 Å². The molecule has 0 saturated carbocycles. The number of amides is 2. The average Bonchev–Trinajstić information content (AvgIpc) is 2.54. The lowest BCUT2D eigenvalue weighted by molar-refractivity contribution is -0.127. The number of β-amino-alcohol motifs (C(OH)–C–C–N with tert-alkyl or cyclic N) is 1. The summed E-state index contributed by atoms with van der Waals surface area (Å²) >= 11 is 0. The third kappa shape index (κ3) is 4.30. The van der Waals surface area contributed by atoms with Crippen molar-refractivity contribution < 1.29 is 19.4 Å². The van der Waals surface area contributed by atoms with Gasteiger partial charge in [0.15, 0.2) is 0 Å². The van der Waals surface area contributed by atoms with Gasteiger partial charge in [-0.1, -0.05) is 18.2 Å².